The van der Waals surface area contributed by atoms with Crippen LogP contribution in [0.15, 0.2) is 47.1 Å². The molecule has 1 aromatic heterocycles. The number of nitrogens with one attached hydrogen (secondary N) is 2. The van der Waals surface area contributed by atoms with Gasteiger partial charge in [0.05, 0.1) is 12.3 Å². The van der Waals surface area contributed by atoms with Gasteiger partial charge in [0, 0.05) is 18.0 Å². The van der Waals surface area contributed by atoms with E-state index in [0.29, 0.717) is 24.4 Å². The molecule has 0 spiro atoms. The lowest BCUT2D eigenvalue weighted by molar-refractivity contribution is -0.122. The van der Waals surface area contributed by atoms with E-state index in [9.17, 15) is 9.59 Å². The van der Waals surface area contributed by atoms with Gasteiger partial charge in [-0.3, -0.25) is 9.59 Å². The highest BCUT2D eigenvalue weighted by Crippen LogP contribution is 2.23. The Bertz CT molecular complexity index is 681. The minimum atomic E-state index is -0.272. The predicted molar refractivity (Wildman–Crippen MR) is 97.4 cm³/mol. The predicted octanol–water partition coefficient (Wildman–Crippen LogP) is 3.96. The summed E-state index contributed by atoms with van der Waals surface area (Å²) < 4.78 is 5.01. The summed E-state index contributed by atoms with van der Waals surface area (Å²) in [6.07, 6.45) is 2.35. The van der Waals surface area contributed by atoms with Crippen molar-refractivity contribution in [3.63, 3.8) is 0 Å². The zero-order valence-corrected chi connectivity index (χ0v) is 15.2. The molecular weight excluding hydrogens is 340 g/mol. The first kappa shape index (κ1) is 19.1. The second-order valence-corrected chi connectivity index (χ2v) is 6.61. The van der Waals surface area contributed by atoms with Gasteiger partial charge in [-0.25, -0.2) is 0 Å². The second-order valence-electron chi connectivity index (χ2n) is 6.18. The average Bonchev–Trinajstić information content (AvgIpc) is 3.12. The number of carbonyl (C=O) groups excluding carboxylic acids is 2. The first-order chi connectivity index (χ1) is 12.0. The van der Waals surface area contributed by atoms with Crippen LogP contribution < -0.4 is 10.6 Å². The van der Waals surface area contributed by atoms with Gasteiger partial charge in [-0.1, -0.05) is 37.6 Å². The number of amides is 2. The number of hydrogen-bond donors (Lipinski definition) is 2. The van der Waals surface area contributed by atoms with Gasteiger partial charge >= 0.3 is 0 Å². The summed E-state index contributed by atoms with van der Waals surface area (Å²) in [5, 5.41) is 6.45. The Labute approximate surface area is 152 Å². The third-order valence-electron chi connectivity index (χ3n) is 3.82. The van der Waals surface area contributed by atoms with Gasteiger partial charge < -0.3 is 15.1 Å². The molecule has 2 N–H and O–H groups in total. The van der Waals surface area contributed by atoms with Gasteiger partial charge in [0.15, 0.2) is 5.76 Å². The van der Waals surface area contributed by atoms with E-state index in [2.05, 4.69) is 24.5 Å². The van der Waals surface area contributed by atoms with E-state index in [1.54, 1.807) is 12.1 Å². The Morgan fingerprint density at radius 3 is 2.48 bits per heavy atom. The summed E-state index contributed by atoms with van der Waals surface area (Å²) in [4.78, 5) is 23.9. The number of halogens is 1. The van der Waals surface area contributed by atoms with Gasteiger partial charge in [0.1, 0.15) is 0 Å². The molecule has 2 amide bonds. The third kappa shape index (κ3) is 5.94. The molecule has 0 bridgehead atoms. The number of rotatable bonds is 8. The highest BCUT2D eigenvalue weighted by atomic mass is 35.5. The molecule has 0 saturated heterocycles. The molecule has 0 aliphatic rings. The van der Waals surface area contributed by atoms with E-state index in [-0.39, 0.29) is 29.5 Å². The van der Waals surface area contributed by atoms with Gasteiger partial charge in [0.2, 0.25) is 5.91 Å². The highest BCUT2D eigenvalue weighted by Gasteiger charge is 2.18. The summed E-state index contributed by atoms with van der Waals surface area (Å²) in [6.45, 7) is 4.53. The molecule has 5 nitrogen and oxygen atoms in total. The lowest BCUT2D eigenvalue weighted by Crippen LogP contribution is -2.32. The second kappa shape index (κ2) is 9.28. The van der Waals surface area contributed by atoms with E-state index in [1.165, 1.54) is 6.26 Å². The fourth-order valence-corrected chi connectivity index (χ4v) is 2.62. The maximum absolute atomic E-state index is 12.2. The molecule has 0 saturated carbocycles. The van der Waals surface area contributed by atoms with Crippen LogP contribution in [0.5, 0.6) is 0 Å². The van der Waals surface area contributed by atoms with Gasteiger partial charge in [-0.2, -0.15) is 0 Å². The van der Waals surface area contributed by atoms with Crippen molar-refractivity contribution in [2.75, 3.05) is 6.54 Å². The molecule has 0 radical (unpaired) electrons. The van der Waals surface area contributed by atoms with Crippen molar-refractivity contribution < 1.29 is 14.0 Å². The monoisotopic (exact) mass is 362 g/mol. The number of carbonyl (C=O) groups is 2. The molecule has 0 fully saturated rings. The molecule has 1 aromatic carbocycles. The zero-order valence-electron chi connectivity index (χ0n) is 14.4. The number of benzene rings is 1. The lowest BCUT2D eigenvalue weighted by atomic mass is 9.96. The molecule has 6 heteroatoms. The maximum atomic E-state index is 12.2. The molecule has 2 aromatic rings. The summed E-state index contributed by atoms with van der Waals surface area (Å²) in [6, 6.07) is 10.7. The smallest absolute Gasteiger partial charge is 0.286 e. The van der Waals surface area contributed by atoms with Crippen LogP contribution in [-0.4, -0.2) is 18.4 Å². The van der Waals surface area contributed by atoms with Gasteiger partial charge in [0.25, 0.3) is 5.91 Å². The minimum absolute atomic E-state index is 0.0408. The third-order valence-corrected chi connectivity index (χ3v) is 4.08. The lowest BCUT2D eigenvalue weighted by Gasteiger charge is -2.23. The van der Waals surface area contributed by atoms with Crippen molar-refractivity contribution in [1.82, 2.24) is 10.6 Å². The summed E-state index contributed by atoms with van der Waals surface area (Å²) in [5.41, 5.74) is 1.03. The number of furan rings is 1. The van der Waals surface area contributed by atoms with Crippen molar-refractivity contribution in [3.05, 3.63) is 59.0 Å². The Morgan fingerprint density at radius 2 is 1.88 bits per heavy atom. The van der Waals surface area contributed by atoms with Crippen LogP contribution in [0.2, 0.25) is 5.02 Å². The Kier molecular flexibility index (Phi) is 7.07. The van der Waals surface area contributed by atoms with Crippen molar-refractivity contribution in [2.45, 2.75) is 32.7 Å². The topological polar surface area (TPSA) is 71.3 Å². The van der Waals surface area contributed by atoms with E-state index in [4.69, 9.17) is 16.0 Å². The minimum Gasteiger partial charge on any atom is -0.459 e. The van der Waals surface area contributed by atoms with Crippen molar-refractivity contribution in [1.29, 1.82) is 0 Å². The normalized spacial score (nSPS) is 12.0. The van der Waals surface area contributed by atoms with Crippen molar-refractivity contribution >= 4 is 23.4 Å². The van der Waals surface area contributed by atoms with Crippen LogP contribution >= 0.6 is 11.6 Å². The van der Waals surface area contributed by atoms with Crippen LogP contribution in [-0.2, 0) is 4.79 Å². The van der Waals surface area contributed by atoms with Crippen LogP contribution in [0, 0.1) is 5.92 Å². The fourth-order valence-electron chi connectivity index (χ4n) is 2.50. The van der Waals surface area contributed by atoms with Crippen molar-refractivity contribution in [2.24, 2.45) is 5.92 Å². The average molecular weight is 363 g/mol. The van der Waals surface area contributed by atoms with Crippen molar-refractivity contribution in [3.8, 4) is 0 Å². The molecule has 25 heavy (non-hydrogen) atoms. The molecular formula is C19H23ClN2O3. The van der Waals surface area contributed by atoms with Crippen LogP contribution in [0.4, 0.5) is 0 Å². The first-order valence-electron chi connectivity index (χ1n) is 8.34. The molecule has 0 unspecified atom stereocenters. The Balaban J connectivity index is 1.77. The first-order valence-corrected chi connectivity index (χ1v) is 8.71. The van der Waals surface area contributed by atoms with E-state index in [0.717, 1.165) is 5.56 Å². The van der Waals surface area contributed by atoms with Gasteiger partial charge in [-0.15, -0.1) is 0 Å². The molecule has 134 valence electrons. The largest absolute Gasteiger partial charge is 0.459 e. The molecule has 0 aliphatic carbocycles. The fraction of sp³-hybridized carbons (Fsp3) is 0.368. The zero-order chi connectivity index (χ0) is 18.2. The number of hydrogen-bond acceptors (Lipinski definition) is 3. The molecule has 1 heterocycles. The van der Waals surface area contributed by atoms with E-state index in [1.807, 2.05) is 24.3 Å². The maximum Gasteiger partial charge on any atom is 0.286 e. The standard InChI is InChI=1S/C19H23ClN2O3/c1-13(2)18(14-7-9-15(20)10-8-14)22-17(23)6-3-11-21-19(24)16-5-4-12-25-16/h4-5,7-10,12-13,18H,3,6,11H2,1-2H3,(H,21,24)(H,22,23)/t18-/m1/s1. The molecule has 0 aliphatic heterocycles. The van der Waals surface area contributed by atoms with Crippen LogP contribution in [0.1, 0.15) is 48.8 Å². The highest BCUT2D eigenvalue weighted by molar-refractivity contribution is 6.30. The SMILES string of the molecule is CC(C)[C@@H](NC(=O)CCCNC(=O)c1ccco1)c1ccc(Cl)cc1. The molecule has 2 rings (SSSR count). The van der Waals surface area contributed by atoms with Crippen LogP contribution in [0.25, 0.3) is 0 Å². The summed E-state index contributed by atoms with van der Waals surface area (Å²) in [5.74, 6) is 0.211. The Morgan fingerprint density at radius 1 is 1.16 bits per heavy atom. The van der Waals surface area contributed by atoms with E-state index >= 15 is 0 Å². The quantitative estimate of drug-likeness (QED) is 0.698. The summed E-state index contributed by atoms with van der Waals surface area (Å²) in [7, 11) is 0. The summed E-state index contributed by atoms with van der Waals surface area (Å²) >= 11 is 5.92. The Hall–Kier alpha value is -2.27. The van der Waals surface area contributed by atoms with Gasteiger partial charge in [-0.05, 0) is 42.2 Å². The van der Waals surface area contributed by atoms with Crippen LogP contribution in [0.3, 0.4) is 0 Å². The molecule has 1 atom stereocenters. The van der Waals surface area contributed by atoms with E-state index < -0.39 is 0 Å².